The summed E-state index contributed by atoms with van der Waals surface area (Å²) < 4.78 is 37.3. The molecule has 1 aromatic carbocycles. The van der Waals surface area contributed by atoms with Gasteiger partial charge in [-0.05, 0) is 38.2 Å². The number of carboxylic acid groups (broad SMARTS) is 1. The minimum Gasteiger partial charge on any atom is -0.487 e. The molecule has 3 heterocycles. The first kappa shape index (κ1) is 20.9. The fourth-order valence-corrected chi connectivity index (χ4v) is 4.73. The number of anilines is 1. The van der Waals surface area contributed by atoms with E-state index in [1.165, 1.54) is 4.57 Å². The van der Waals surface area contributed by atoms with Crippen LogP contribution in [0.5, 0.6) is 5.75 Å². The zero-order valence-corrected chi connectivity index (χ0v) is 17.1. The number of hydrogen-bond donors (Lipinski definition) is 2. The molecule has 3 aliphatic rings. The van der Waals surface area contributed by atoms with Crippen molar-refractivity contribution in [1.82, 2.24) is 4.57 Å². The van der Waals surface area contributed by atoms with Gasteiger partial charge in [-0.25, -0.2) is 13.6 Å². The molecule has 1 aromatic heterocycles. The molecular formula is C20H22ClF2N3O4. The van der Waals surface area contributed by atoms with Crippen LogP contribution in [-0.2, 0) is 0 Å². The maximum Gasteiger partial charge on any atom is 0.341 e. The Morgan fingerprint density at radius 2 is 2.03 bits per heavy atom. The molecule has 2 aromatic rings. The quantitative estimate of drug-likeness (QED) is 0.760. The summed E-state index contributed by atoms with van der Waals surface area (Å²) in [4.78, 5) is 26.0. The Balaban J connectivity index is 0.00000218. The molecule has 0 bridgehead atoms. The summed E-state index contributed by atoms with van der Waals surface area (Å²) in [6.45, 7) is 2.73. The molecule has 2 atom stereocenters. The van der Waals surface area contributed by atoms with Crippen molar-refractivity contribution in [3.63, 3.8) is 0 Å². The number of aromatic carboxylic acids is 1. The predicted molar refractivity (Wildman–Crippen MR) is 109 cm³/mol. The molecule has 0 spiro atoms. The lowest BCUT2D eigenvalue weighted by molar-refractivity contribution is 0.0694. The van der Waals surface area contributed by atoms with Crippen molar-refractivity contribution < 1.29 is 23.4 Å². The molecule has 1 aliphatic carbocycles. The average molecular weight is 442 g/mol. The van der Waals surface area contributed by atoms with Gasteiger partial charge in [0.1, 0.15) is 17.9 Å². The van der Waals surface area contributed by atoms with Crippen LogP contribution in [0.2, 0.25) is 0 Å². The van der Waals surface area contributed by atoms with Gasteiger partial charge in [-0.2, -0.15) is 0 Å². The fraction of sp³-hybridized carbons (Fsp3) is 0.500. The van der Waals surface area contributed by atoms with Gasteiger partial charge in [0, 0.05) is 24.0 Å². The molecule has 0 amide bonds. The van der Waals surface area contributed by atoms with Crippen molar-refractivity contribution in [2.24, 2.45) is 11.7 Å². The van der Waals surface area contributed by atoms with Crippen LogP contribution >= 0.6 is 12.4 Å². The molecule has 1 saturated carbocycles. The molecule has 162 valence electrons. The molecule has 0 radical (unpaired) electrons. The van der Waals surface area contributed by atoms with Crippen molar-refractivity contribution >= 4 is 35.0 Å². The summed E-state index contributed by atoms with van der Waals surface area (Å²) in [6, 6.07) is 0.384. The highest BCUT2D eigenvalue weighted by molar-refractivity contribution is 5.97. The third-order valence-corrected chi connectivity index (χ3v) is 6.59. The third kappa shape index (κ3) is 2.79. The molecule has 5 rings (SSSR count). The average Bonchev–Trinajstić information content (AvgIpc) is 3.23. The lowest BCUT2D eigenvalue weighted by atomic mass is 9.97. The van der Waals surface area contributed by atoms with Gasteiger partial charge >= 0.3 is 5.97 Å². The number of nitrogens with two attached hydrogens (primary N) is 1. The fourth-order valence-electron chi connectivity index (χ4n) is 4.73. The van der Waals surface area contributed by atoms with Crippen LogP contribution in [-0.4, -0.2) is 40.9 Å². The van der Waals surface area contributed by atoms with Gasteiger partial charge in [0.15, 0.2) is 17.4 Å². The van der Waals surface area contributed by atoms with Crippen LogP contribution in [0.3, 0.4) is 0 Å². The highest BCUT2D eigenvalue weighted by atomic mass is 35.5. The minimum atomic E-state index is -1.48. The first-order valence-corrected chi connectivity index (χ1v) is 9.73. The van der Waals surface area contributed by atoms with E-state index < -0.39 is 34.8 Å². The van der Waals surface area contributed by atoms with E-state index in [0.29, 0.717) is 13.1 Å². The van der Waals surface area contributed by atoms with E-state index in [2.05, 4.69) is 0 Å². The van der Waals surface area contributed by atoms with E-state index in [1.807, 2.05) is 0 Å². The normalized spacial score (nSPS) is 23.8. The van der Waals surface area contributed by atoms with E-state index in [1.54, 1.807) is 11.8 Å². The first-order chi connectivity index (χ1) is 13.7. The number of carbonyl (C=O) groups is 1. The number of halogens is 3. The molecule has 3 N–H and O–H groups in total. The lowest BCUT2D eigenvalue weighted by Crippen LogP contribution is -2.36. The van der Waals surface area contributed by atoms with Crippen LogP contribution in [0.4, 0.5) is 14.5 Å². The number of rotatable bonds is 3. The maximum absolute atomic E-state index is 15.2. The van der Waals surface area contributed by atoms with Crippen LogP contribution < -0.4 is 20.9 Å². The van der Waals surface area contributed by atoms with Gasteiger partial charge in [-0.3, -0.25) is 9.36 Å². The van der Waals surface area contributed by atoms with Crippen molar-refractivity contribution in [3.8, 4) is 5.75 Å². The lowest BCUT2D eigenvalue weighted by Gasteiger charge is -2.31. The van der Waals surface area contributed by atoms with Crippen LogP contribution in [0.25, 0.3) is 10.9 Å². The van der Waals surface area contributed by atoms with E-state index in [4.69, 9.17) is 10.5 Å². The number of pyridine rings is 1. The zero-order valence-electron chi connectivity index (χ0n) is 16.3. The summed E-state index contributed by atoms with van der Waals surface area (Å²) in [7, 11) is 0. The highest BCUT2D eigenvalue weighted by Crippen LogP contribution is 2.48. The molecule has 2 aliphatic heterocycles. The van der Waals surface area contributed by atoms with E-state index in [9.17, 15) is 14.7 Å². The van der Waals surface area contributed by atoms with Gasteiger partial charge in [0.05, 0.1) is 11.6 Å². The summed E-state index contributed by atoms with van der Waals surface area (Å²) in [5.74, 6) is -3.47. The summed E-state index contributed by atoms with van der Waals surface area (Å²) >= 11 is 0. The molecule has 0 unspecified atom stereocenters. The Morgan fingerprint density at radius 3 is 2.67 bits per heavy atom. The Morgan fingerprint density at radius 1 is 1.33 bits per heavy atom. The summed E-state index contributed by atoms with van der Waals surface area (Å²) in [5.41, 5.74) is 4.83. The molecule has 10 heteroatoms. The second-order valence-corrected chi connectivity index (χ2v) is 8.43. The molecule has 30 heavy (non-hydrogen) atoms. The van der Waals surface area contributed by atoms with Gasteiger partial charge in [-0.1, -0.05) is 0 Å². The molecular weight excluding hydrogens is 420 g/mol. The summed E-state index contributed by atoms with van der Waals surface area (Å²) in [5, 5.41) is 9.07. The van der Waals surface area contributed by atoms with E-state index in [0.717, 1.165) is 25.3 Å². The van der Waals surface area contributed by atoms with Crippen molar-refractivity contribution in [2.45, 2.75) is 37.8 Å². The first-order valence-electron chi connectivity index (χ1n) is 9.73. The van der Waals surface area contributed by atoms with Gasteiger partial charge < -0.3 is 20.5 Å². The Labute approximate surface area is 176 Å². The number of aromatic nitrogens is 1. The Hall–Kier alpha value is -2.39. The van der Waals surface area contributed by atoms with Crippen LogP contribution in [0.15, 0.2) is 10.9 Å². The maximum atomic E-state index is 15.2. The topological polar surface area (TPSA) is 97.8 Å². The van der Waals surface area contributed by atoms with E-state index in [-0.39, 0.29) is 52.8 Å². The van der Waals surface area contributed by atoms with Crippen LogP contribution in [0, 0.1) is 17.6 Å². The number of carboxylic acids is 1. The molecule has 7 nitrogen and oxygen atoms in total. The van der Waals surface area contributed by atoms with Crippen LogP contribution in [0.1, 0.15) is 42.6 Å². The SMILES string of the molecule is C[C@H]1COc2c(N3CC[C@@H](C4(N)CC4)C3)c(F)c(F)c3cc(C(=O)O)c(=O)n1c23.Cl. The van der Waals surface area contributed by atoms with E-state index >= 15 is 8.78 Å². The Kier molecular flexibility index (Phi) is 4.74. The molecule has 1 saturated heterocycles. The summed E-state index contributed by atoms with van der Waals surface area (Å²) in [6.07, 6.45) is 2.63. The number of ether oxygens (including phenoxy) is 1. The zero-order chi connectivity index (χ0) is 20.7. The van der Waals surface area contributed by atoms with Gasteiger partial charge in [0.25, 0.3) is 5.56 Å². The standard InChI is InChI=1S/C20H21F2N3O4.ClH/c1-9-8-29-17-15-11(6-12(19(27)28)18(26)25(9)15)13(21)14(22)16(17)24-5-2-10(7-24)20(23)3-4-20;/h6,9-10H,2-5,7-8,23H2,1H3,(H,27,28);1H/t9-,10+;/m0./s1. The molecule has 2 fully saturated rings. The third-order valence-electron chi connectivity index (χ3n) is 6.59. The van der Waals surface area contributed by atoms with Gasteiger partial charge in [0.2, 0.25) is 0 Å². The monoisotopic (exact) mass is 441 g/mol. The number of hydrogen-bond acceptors (Lipinski definition) is 5. The Bertz CT molecular complexity index is 1130. The number of nitrogens with zero attached hydrogens (tertiary/aromatic N) is 2. The van der Waals surface area contributed by atoms with Crippen molar-refractivity contribution in [1.29, 1.82) is 0 Å². The van der Waals surface area contributed by atoms with Crippen molar-refractivity contribution in [2.75, 3.05) is 24.6 Å². The highest BCUT2D eigenvalue weighted by Gasteiger charge is 2.48. The van der Waals surface area contributed by atoms with Gasteiger partial charge in [-0.15, -0.1) is 12.4 Å². The smallest absolute Gasteiger partial charge is 0.341 e. The van der Waals surface area contributed by atoms with Crippen molar-refractivity contribution in [3.05, 3.63) is 33.6 Å². The largest absolute Gasteiger partial charge is 0.487 e. The second-order valence-electron chi connectivity index (χ2n) is 8.43. The number of benzene rings is 1. The predicted octanol–water partition coefficient (Wildman–Crippen LogP) is 2.67. The second kappa shape index (κ2) is 6.81. The minimum absolute atomic E-state index is 0.